The summed E-state index contributed by atoms with van der Waals surface area (Å²) in [6.07, 6.45) is 0.165. The second kappa shape index (κ2) is 6.76. The van der Waals surface area contributed by atoms with Crippen LogP contribution in [0.3, 0.4) is 0 Å². The highest BCUT2D eigenvalue weighted by Gasteiger charge is 2.12. The molecule has 0 aliphatic heterocycles. The number of anilines is 1. The number of aromatic amines is 1. The molecule has 0 aliphatic rings. The van der Waals surface area contributed by atoms with Crippen LogP contribution >= 0.6 is 0 Å². The summed E-state index contributed by atoms with van der Waals surface area (Å²) < 4.78 is 4.95. The second-order valence-electron chi connectivity index (χ2n) is 6.02. The lowest BCUT2D eigenvalue weighted by Gasteiger charge is -2.09. The predicted octanol–water partition coefficient (Wildman–Crippen LogP) is 3.34. The first-order chi connectivity index (χ1) is 11.9. The molecule has 3 rings (SSSR count). The minimum absolute atomic E-state index is 0.0802. The molecule has 1 amide bonds. The number of H-pyrrole nitrogens is 1. The summed E-state index contributed by atoms with van der Waals surface area (Å²) in [6, 6.07) is 10.6. The van der Waals surface area contributed by atoms with Gasteiger partial charge in [-0.2, -0.15) is 0 Å². The van der Waals surface area contributed by atoms with Gasteiger partial charge in [-0.1, -0.05) is 12.1 Å². The topological polar surface area (TPSA) is 92.2 Å². The minimum atomic E-state index is -0.562. The molecular weight excluding hydrogens is 320 g/mol. The van der Waals surface area contributed by atoms with E-state index in [0.29, 0.717) is 16.7 Å². The van der Waals surface area contributed by atoms with Crippen molar-refractivity contribution in [2.75, 3.05) is 5.32 Å². The Hall–Kier alpha value is -3.15. The molecule has 0 fully saturated rings. The molecule has 128 valence electrons. The van der Waals surface area contributed by atoms with Gasteiger partial charge >= 0.3 is 5.76 Å². The van der Waals surface area contributed by atoms with Gasteiger partial charge in [-0.05, 0) is 49.2 Å². The lowest BCUT2D eigenvalue weighted by Crippen LogP contribution is -2.14. The van der Waals surface area contributed by atoms with E-state index in [1.807, 2.05) is 32.0 Å². The normalized spacial score (nSPS) is 10.8. The Labute approximate surface area is 143 Å². The van der Waals surface area contributed by atoms with Gasteiger partial charge < -0.3 is 9.73 Å². The number of carbonyl (C=O) groups excluding carboxylic acids is 2. The first-order valence-corrected chi connectivity index (χ1v) is 7.95. The fourth-order valence-electron chi connectivity index (χ4n) is 2.57. The van der Waals surface area contributed by atoms with Gasteiger partial charge in [-0.25, -0.2) is 4.79 Å². The first-order valence-electron chi connectivity index (χ1n) is 7.95. The number of aryl methyl sites for hydroxylation is 2. The number of hydrogen-bond acceptors (Lipinski definition) is 4. The Morgan fingerprint density at radius 1 is 1.08 bits per heavy atom. The molecule has 0 spiro atoms. The SMILES string of the molecule is Cc1ccc(C)c(NC(=O)CCC(=O)c2ccc3[nH]c(=O)oc3c2)c1. The maximum Gasteiger partial charge on any atom is 0.417 e. The van der Waals surface area contributed by atoms with Crippen LogP contribution in [0.2, 0.25) is 0 Å². The van der Waals surface area contributed by atoms with Crippen molar-refractivity contribution in [1.82, 2.24) is 4.98 Å². The van der Waals surface area contributed by atoms with E-state index in [4.69, 9.17) is 4.42 Å². The molecular formula is C19H18N2O4. The molecule has 2 aromatic carbocycles. The Kier molecular flexibility index (Phi) is 4.52. The number of nitrogens with one attached hydrogen (secondary N) is 2. The third kappa shape index (κ3) is 3.85. The van der Waals surface area contributed by atoms with Crippen LogP contribution in [-0.4, -0.2) is 16.7 Å². The lowest BCUT2D eigenvalue weighted by molar-refractivity contribution is -0.116. The molecule has 0 atom stereocenters. The van der Waals surface area contributed by atoms with Crippen molar-refractivity contribution in [2.24, 2.45) is 0 Å². The van der Waals surface area contributed by atoms with E-state index >= 15 is 0 Å². The molecule has 0 radical (unpaired) electrons. The van der Waals surface area contributed by atoms with Gasteiger partial charge in [0.2, 0.25) is 5.91 Å². The van der Waals surface area contributed by atoms with Crippen molar-refractivity contribution in [1.29, 1.82) is 0 Å². The van der Waals surface area contributed by atoms with Gasteiger partial charge in [0.1, 0.15) is 0 Å². The van der Waals surface area contributed by atoms with Gasteiger partial charge in [0.25, 0.3) is 0 Å². The van der Waals surface area contributed by atoms with E-state index < -0.39 is 5.76 Å². The quantitative estimate of drug-likeness (QED) is 0.698. The highest BCUT2D eigenvalue weighted by atomic mass is 16.4. The van der Waals surface area contributed by atoms with Crippen molar-refractivity contribution >= 4 is 28.5 Å². The largest absolute Gasteiger partial charge is 0.417 e. The molecule has 1 heterocycles. The van der Waals surface area contributed by atoms with Crippen molar-refractivity contribution in [3.05, 3.63) is 63.6 Å². The molecule has 3 aromatic rings. The van der Waals surface area contributed by atoms with E-state index in [1.165, 1.54) is 6.07 Å². The number of Topliss-reactive ketones (excluding diaryl/α,β-unsaturated/α-hetero) is 1. The van der Waals surface area contributed by atoms with E-state index in [2.05, 4.69) is 10.3 Å². The van der Waals surface area contributed by atoms with Crippen LogP contribution < -0.4 is 11.1 Å². The Bertz CT molecular complexity index is 1010. The molecule has 0 bridgehead atoms. The van der Waals surface area contributed by atoms with Gasteiger partial charge in [0, 0.05) is 24.1 Å². The third-order valence-corrected chi connectivity index (χ3v) is 3.99. The number of amides is 1. The third-order valence-electron chi connectivity index (χ3n) is 3.99. The number of ketones is 1. The molecule has 0 unspecified atom stereocenters. The highest BCUT2D eigenvalue weighted by molar-refractivity contribution is 6.01. The number of oxazole rings is 1. The Morgan fingerprint density at radius 3 is 2.68 bits per heavy atom. The average molecular weight is 338 g/mol. The van der Waals surface area contributed by atoms with Crippen molar-refractivity contribution < 1.29 is 14.0 Å². The predicted molar refractivity (Wildman–Crippen MR) is 94.9 cm³/mol. The van der Waals surface area contributed by atoms with E-state index in [9.17, 15) is 14.4 Å². The Balaban J connectivity index is 1.63. The van der Waals surface area contributed by atoms with Crippen molar-refractivity contribution in [3.8, 4) is 0 Å². The summed E-state index contributed by atoms with van der Waals surface area (Å²) in [5.41, 5.74) is 4.06. The Morgan fingerprint density at radius 2 is 1.88 bits per heavy atom. The number of benzene rings is 2. The summed E-state index contributed by atoms with van der Waals surface area (Å²) in [4.78, 5) is 38.0. The number of aromatic nitrogens is 1. The second-order valence-corrected chi connectivity index (χ2v) is 6.02. The highest BCUT2D eigenvalue weighted by Crippen LogP contribution is 2.18. The van der Waals surface area contributed by atoms with Gasteiger partial charge in [-0.3, -0.25) is 14.6 Å². The average Bonchev–Trinajstić information content (AvgIpc) is 2.95. The van der Waals surface area contributed by atoms with E-state index in [-0.39, 0.29) is 24.5 Å². The fourth-order valence-corrected chi connectivity index (χ4v) is 2.57. The number of carbonyl (C=O) groups is 2. The maximum absolute atomic E-state index is 12.3. The zero-order chi connectivity index (χ0) is 18.0. The lowest BCUT2D eigenvalue weighted by atomic mass is 10.1. The minimum Gasteiger partial charge on any atom is -0.408 e. The molecule has 6 nitrogen and oxygen atoms in total. The first kappa shape index (κ1) is 16.7. The fraction of sp³-hybridized carbons (Fsp3) is 0.211. The molecule has 0 aliphatic carbocycles. The molecule has 6 heteroatoms. The van der Waals surface area contributed by atoms with Crippen LogP contribution in [0.25, 0.3) is 11.1 Å². The standard InChI is InChI=1S/C19H18N2O4/c1-11-3-4-12(2)15(9-11)20-18(23)8-7-16(22)13-5-6-14-17(10-13)25-19(24)21-14/h3-6,9-10H,7-8H2,1-2H3,(H,20,23)(H,21,24). The molecule has 0 saturated heterocycles. The smallest absolute Gasteiger partial charge is 0.408 e. The van der Waals surface area contributed by atoms with Gasteiger partial charge in [0.05, 0.1) is 5.52 Å². The molecule has 25 heavy (non-hydrogen) atoms. The van der Waals surface area contributed by atoms with E-state index in [1.54, 1.807) is 12.1 Å². The summed E-state index contributed by atoms with van der Waals surface area (Å²) in [6.45, 7) is 3.87. The summed E-state index contributed by atoms with van der Waals surface area (Å²) in [5, 5.41) is 2.83. The van der Waals surface area contributed by atoms with Crippen LogP contribution in [0.15, 0.2) is 45.6 Å². The number of hydrogen-bond donors (Lipinski definition) is 2. The van der Waals surface area contributed by atoms with E-state index in [0.717, 1.165) is 16.8 Å². The van der Waals surface area contributed by atoms with Gasteiger partial charge in [-0.15, -0.1) is 0 Å². The van der Waals surface area contributed by atoms with Gasteiger partial charge in [0.15, 0.2) is 11.4 Å². The number of fused-ring (bicyclic) bond motifs is 1. The zero-order valence-corrected chi connectivity index (χ0v) is 14.0. The summed E-state index contributed by atoms with van der Waals surface area (Å²) in [5.74, 6) is -0.953. The molecule has 2 N–H and O–H groups in total. The van der Waals surface area contributed by atoms with Crippen LogP contribution in [0, 0.1) is 13.8 Å². The molecule has 1 aromatic heterocycles. The number of rotatable bonds is 5. The summed E-state index contributed by atoms with van der Waals surface area (Å²) >= 11 is 0. The van der Waals surface area contributed by atoms with Crippen LogP contribution in [-0.2, 0) is 4.79 Å². The van der Waals surface area contributed by atoms with Crippen LogP contribution in [0.5, 0.6) is 0 Å². The molecule has 0 saturated carbocycles. The zero-order valence-electron chi connectivity index (χ0n) is 14.0. The maximum atomic E-state index is 12.3. The monoisotopic (exact) mass is 338 g/mol. The van der Waals surface area contributed by atoms with Crippen molar-refractivity contribution in [2.45, 2.75) is 26.7 Å². The van der Waals surface area contributed by atoms with Crippen LogP contribution in [0.4, 0.5) is 5.69 Å². The van der Waals surface area contributed by atoms with Crippen LogP contribution in [0.1, 0.15) is 34.3 Å². The van der Waals surface area contributed by atoms with Crippen molar-refractivity contribution in [3.63, 3.8) is 0 Å². The summed E-state index contributed by atoms with van der Waals surface area (Å²) in [7, 11) is 0.